The van der Waals surface area contributed by atoms with Gasteiger partial charge in [-0.1, -0.05) is 0 Å². The number of hydrogen-bond acceptors (Lipinski definition) is 4. The predicted molar refractivity (Wildman–Crippen MR) is 77.6 cm³/mol. The summed E-state index contributed by atoms with van der Waals surface area (Å²) in [6, 6.07) is 4.80. The number of sulfonamides is 1. The summed E-state index contributed by atoms with van der Waals surface area (Å²) in [4.78, 5) is 4.13. The fourth-order valence-corrected chi connectivity index (χ4v) is 3.11. The van der Waals surface area contributed by atoms with Crippen molar-refractivity contribution >= 4 is 15.7 Å². The van der Waals surface area contributed by atoms with Crippen molar-refractivity contribution in [2.75, 3.05) is 12.3 Å². The van der Waals surface area contributed by atoms with Gasteiger partial charge in [0.25, 0.3) is 0 Å². The fourth-order valence-electron chi connectivity index (χ4n) is 1.90. The molecule has 0 aliphatic heterocycles. The molecule has 0 saturated carbocycles. The van der Waals surface area contributed by atoms with E-state index < -0.39 is 10.0 Å². The van der Waals surface area contributed by atoms with E-state index >= 15 is 0 Å². The number of anilines is 1. The number of nitrogens with two attached hydrogens (primary N) is 1. The first-order valence-corrected chi connectivity index (χ1v) is 7.78. The summed E-state index contributed by atoms with van der Waals surface area (Å²) >= 11 is 0. The number of nitrogens with zero attached hydrogens (tertiary/aromatic N) is 2. The Morgan fingerprint density at radius 2 is 2.15 bits per heavy atom. The molecule has 0 saturated heterocycles. The van der Waals surface area contributed by atoms with E-state index in [0.29, 0.717) is 18.7 Å². The Bertz CT molecular complexity index is 645. The number of benzene rings is 1. The summed E-state index contributed by atoms with van der Waals surface area (Å²) in [7, 11) is -3.50. The van der Waals surface area contributed by atoms with Crippen LogP contribution in [0.1, 0.15) is 12.0 Å². The predicted octanol–water partition coefficient (Wildman–Crippen LogP) is 1.14. The van der Waals surface area contributed by atoms with Crippen LogP contribution in [0.4, 0.5) is 5.69 Å². The van der Waals surface area contributed by atoms with Crippen LogP contribution >= 0.6 is 0 Å². The van der Waals surface area contributed by atoms with Gasteiger partial charge in [0.05, 0.1) is 11.2 Å². The lowest BCUT2D eigenvalue weighted by molar-refractivity contribution is 0.570. The standard InChI is InChI=1S/C13H18N4O2S/c1-11-7-12(14)9-13(8-11)20(18,19)16-3-2-5-17-6-4-15-10-17/h4,6-10,16H,2-3,5,14H2,1H3. The summed E-state index contributed by atoms with van der Waals surface area (Å²) in [6.07, 6.45) is 5.93. The van der Waals surface area contributed by atoms with Crippen LogP contribution in [0.3, 0.4) is 0 Å². The number of nitrogen functional groups attached to an aromatic ring is 1. The quantitative estimate of drug-likeness (QED) is 0.617. The third-order valence-corrected chi connectivity index (χ3v) is 4.27. The molecule has 0 aliphatic carbocycles. The number of nitrogens with one attached hydrogen (secondary N) is 1. The molecule has 20 heavy (non-hydrogen) atoms. The number of hydrogen-bond donors (Lipinski definition) is 2. The van der Waals surface area contributed by atoms with E-state index in [1.54, 1.807) is 24.7 Å². The van der Waals surface area contributed by atoms with Crippen LogP contribution in [-0.2, 0) is 16.6 Å². The van der Waals surface area contributed by atoms with Crippen LogP contribution in [0.5, 0.6) is 0 Å². The van der Waals surface area contributed by atoms with Crippen molar-refractivity contribution in [1.29, 1.82) is 0 Å². The fraction of sp³-hybridized carbons (Fsp3) is 0.308. The van der Waals surface area contributed by atoms with E-state index in [2.05, 4.69) is 9.71 Å². The summed E-state index contributed by atoms with van der Waals surface area (Å²) in [6.45, 7) is 2.90. The number of aromatic nitrogens is 2. The highest BCUT2D eigenvalue weighted by Crippen LogP contribution is 2.15. The van der Waals surface area contributed by atoms with E-state index in [-0.39, 0.29) is 4.90 Å². The highest BCUT2D eigenvalue weighted by Gasteiger charge is 2.14. The van der Waals surface area contributed by atoms with Crippen LogP contribution in [0, 0.1) is 6.92 Å². The third-order valence-electron chi connectivity index (χ3n) is 2.83. The van der Waals surface area contributed by atoms with Crippen LogP contribution in [-0.4, -0.2) is 24.5 Å². The molecular weight excluding hydrogens is 276 g/mol. The smallest absolute Gasteiger partial charge is 0.240 e. The molecule has 0 aliphatic rings. The van der Waals surface area contributed by atoms with Crippen molar-refractivity contribution in [1.82, 2.24) is 14.3 Å². The van der Waals surface area contributed by atoms with Gasteiger partial charge in [-0.05, 0) is 37.1 Å². The Balaban J connectivity index is 1.93. The topological polar surface area (TPSA) is 90.0 Å². The van der Waals surface area contributed by atoms with Crippen molar-refractivity contribution < 1.29 is 8.42 Å². The minimum atomic E-state index is -3.50. The summed E-state index contributed by atoms with van der Waals surface area (Å²) in [5.74, 6) is 0. The minimum absolute atomic E-state index is 0.206. The number of rotatable bonds is 6. The van der Waals surface area contributed by atoms with Gasteiger partial charge in [0.1, 0.15) is 0 Å². The lowest BCUT2D eigenvalue weighted by Crippen LogP contribution is -2.25. The van der Waals surface area contributed by atoms with E-state index in [0.717, 1.165) is 12.1 Å². The normalized spacial score (nSPS) is 11.7. The number of imidazole rings is 1. The average molecular weight is 294 g/mol. The minimum Gasteiger partial charge on any atom is -0.399 e. The van der Waals surface area contributed by atoms with E-state index in [1.807, 2.05) is 17.7 Å². The second-order valence-corrected chi connectivity index (χ2v) is 6.40. The Hall–Kier alpha value is -1.86. The van der Waals surface area contributed by atoms with Gasteiger partial charge >= 0.3 is 0 Å². The summed E-state index contributed by atoms with van der Waals surface area (Å²) in [5.41, 5.74) is 6.94. The second-order valence-electron chi connectivity index (χ2n) is 4.63. The summed E-state index contributed by atoms with van der Waals surface area (Å²) < 4.78 is 28.7. The Morgan fingerprint density at radius 3 is 2.80 bits per heavy atom. The average Bonchev–Trinajstić information content (AvgIpc) is 2.86. The molecule has 0 spiro atoms. The lowest BCUT2D eigenvalue weighted by atomic mass is 10.2. The van der Waals surface area contributed by atoms with Gasteiger partial charge in [-0.3, -0.25) is 0 Å². The maximum absolute atomic E-state index is 12.1. The molecule has 7 heteroatoms. The summed E-state index contributed by atoms with van der Waals surface area (Å²) in [5, 5.41) is 0. The molecule has 1 aromatic heterocycles. The van der Waals surface area contributed by atoms with Gasteiger partial charge in [-0.15, -0.1) is 0 Å². The van der Waals surface area contributed by atoms with Crippen LogP contribution in [0.2, 0.25) is 0 Å². The molecule has 0 atom stereocenters. The van der Waals surface area contributed by atoms with Gasteiger partial charge in [0, 0.05) is 31.2 Å². The molecule has 1 heterocycles. The first-order valence-electron chi connectivity index (χ1n) is 6.30. The van der Waals surface area contributed by atoms with Crippen LogP contribution in [0.15, 0.2) is 41.8 Å². The molecule has 3 N–H and O–H groups in total. The highest BCUT2D eigenvalue weighted by atomic mass is 32.2. The lowest BCUT2D eigenvalue weighted by Gasteiger charge is -2.08. The molecule has 2 rings (SSSR count). The molecule has 2 aromatic rings. The van der Waals surface area contributed by atoms with Crippen molar-refractivity contribution in [2.45, 2.75) is 24.8 Å². The molecule has 0 amide bonds. The molecule has 0 radical (unpaired) electrons. The first-order chi connectivity index (χ1) is 9.47. The van der Waals surface area contributed by atoms with Gasteiger partial charge < -0.3 is 10.3 Å². The first kappa shape index (κ1) is 14.5. The molecular formula is C13H18N4O2S. The van der Waals surface area contributed by atoms with Crippen LogP contribution < -0.4 is 10.5 Å². The monoisotopic (exact) mass is 294 g/mol. The van der Waals surface area contributed by atoms with E-state index in [4.69, 9.17) is 5.73 Å². The van der Waals surface area contributed by atoms with E-state index in [1.165, 1.54) is 6.07 Å². The van der Waals surface area contributed by atoms with Crippen molar-refractivity contribution in [3.8, 4) is 0 Å². The van der Waals surface area contributed by atoms with Crippen molar-refractivity contribution in [3.05, 3.63) is 42.5 Å². The van der Waals surface area contributed by atoms with Crippen LogP contribution in [0.25, 0.3) is 0 Å². The third kappa shape index (κ3) is 3.82. The Kier molecular flexibility index (Phi) is 4.41. The van der Waals surface area contributed by atoms with Gasteiger partial charge in [-0.2, -0.15) is 0 Å². The molecule has 0 fully saturated rings. The zero-order valence-corrected chi connectivity index (χ0v) is 12.1. The maximum atomic E-state index is 12.1. The molecule has 108 valence electrons. The zero-order valence-electron chi connectivity index (χ0n) is 11.3. The SMILES string of the molecule is Cc1cc(N)cc(S(=O)(=O)NCCCn2ccnc2)c1. The van der Waals surface area contributed by atoms with Gasteiger partial charge in [0.2, 0.25) is 10.0 Å². The second kappa shape index (κ2) is 6.06. The highest BCUT2D eigenvalue weighted by molar-refractivity contribution is 7.89. The molecule has 1 aromatic carbocycles. The van der Waals surface area contributed by atoms with Gasteiger partial charge in [0.15, 0.2) is 0 Å². The van der Waals surface area contributed by atoms with E-state index in [9.17, 15) is 8.42 Å². The Labute approximate surface area is 118 Å². The van der Waals surface area contributed by atoms with Crippen molar-refractivity contribution in [3.63, 3.8) is 0 Å². The largest absolute Gasteiger partial charge is 0.399 e. The molecule has 6 nitrogen and oxygen atoms in total. The van der Waals surface area contributed by atoms with Gasteiger partial charge in [-0.25, -0.2) is 18.1 Å². The number of aryl methyl sites for hydroxylation is 2. The Morgan fingerprint density at radius 1 is 1.35 bits per heavy atom. The maximum Gasteiger partial charge on any atom is 0.240 e. The molecule has 0 bridgehead atoms. The zero-order chi connectivity index (χ0) is 14.6. The van der Waals surface area contributed by atoms with Crippen molar-refractivity contribution in [2.24, 2.45) is 0 Å². The molecule has 0 unspecified atom stereocenters.